The third-order valence-corrected chi connectivity index (χ3v) is 2.82. The van der Waals surface area contributed by atoms with Crippen LogP contribution in [0.3, 0.4) is 0 Å². The number of rotatable bonds is 6. The number of methoxy groups -OCH3 is 2. The number of ether oxygens (including phenoxy) is 2. The van der Waals surface area contributed by atoms with E-state index in [4.69, 9.17) is 9.47 Å². The van der Waals surface area contributed by atoms with Gasteiger partial charge in [-0.05, 0) is 24.7 Å². The van der Waals surface area contributed by atoms with E-state index in [0.717, 1.165) is 17.6 Å². The molecule has 0 saturated carbocycles. The van der Waals surface area contributed by atoms with Gasteiger partial charge in [-0.25, -0.2) is 0 Å². The molecule has 0 unspecified atom stereocenters. The molecule has 0 aliphatic carbocycles. The summed E-state index contributed by atoms with van der Waals surface area (Å²) < 4.78 is 11.4. The molecule has 3 nitrogen and oxygen atoms in total. The van der Waals surface area contributed by atoms with Crippen LogP contribution < -0.4 is 0 Å². The van der Waals surface area contributed by atoms with Crippen LogP contribution in [0, 0.1) is 0 Å². The summed E-state index contributed by atoms with van der Waals surface area (Å²) in [5.41, 5.74) is 1.27. The molecule has 0 saturated heterocycles. The number of benzene rings is 1. The van der Waals surface area contributed by atoms with Crippen molar-refractivity contribution in [2.75, 3.05) is 27.8 Å². The normalized spacial score (nSPS) is 11.4. The Kier molecular flexibility index (Phi) is 5.98. The highest BCUT2D eigenvalue weighted by Gasteiger charge is 2.09. The van der Waals surface area contributed by atoms with Crippen LogP contribution >= 0.6 is 15.9 Å². The predicted octanol–water partition coefficient (Wildman–Crippen LogP) is 2.50. The van der Waals surface area contributed by atoms with Gasteiger partial charge in [0.2, 0.25) is 0 Å². The quantitative estimate of drug-likeness (QED) is 0.751. The number of likely N-dealkylation sites (N-methyl/N-ethyl adjacent to an activating group) is 1. The Morgan fingerprint density at radius 3 is 2.56 bits per heavy atom. The summed E-state index contributed by atoms with van der Waals surface area (Å²) in [6.45, 7) is 1.63. The maximum atomic E-state index is 5.16. The van der Waals surface area contributed by atoms with E-state index in [0.29, 0.717) is 0 Å². The van der Waals surface area contributed by atoms with E-state index in [-0.39, 0.29) is 6.29 Å². The maximum absolute atomic E-state index is 5.16. The summed E-state index contributed by atoms with van der Waals surface area (Å²) in [5.74, 6) is 0. The third-order valence-electron chi connectivity index (χ3n) is 2.33. The molecular weight excluding hydrogens is 270 g/mol. The largest absolute Gasteiger partial charge is 0.355 e. The van der Waals surface area contributed by atoms with Crippen molar-refractivity contribution in [2.24, 2.45) is 0 Å². The lowest BCUT2D eigenvalue weighted by molar-refractivity contribution is -0.114. The smallest absolute Gasteiger partial charge is 0.169 e. The molecule has 0 heterocycles. The lowest BCUT2D eigenvalue weighted by Gasteiger charge is -2.22. The molecule has 0 aliphatic heterocycles. The van der Waals surface area contributed by atoms with Gasteiger partial charge in [0.1, 0.15) is 0 Å². The minimum absolute atomic E-state index is 0.169. The molecule has 0 spiro atoms. The minimum Gasteiger partial charge on any atom is -0.355 e. The van der Waals surface area contributed by atoms with Crippen LogP contribution in [0.1, 0.15) is 5.56 Å². The molecule has 0 amide bonds. The van der Waals surface area contributed by atoms with Crippen LogP contribution in [0.5, 0.6) is 0 Å². The molecular formula is C12H18BrNO2. The molecule has 16 heavy (non-hydrogen) atoms. The molecule has 0 fully saturated rings. The highest BCUT2D eigenvalue weighted by atomic mass is 79.9. The van der Waals surface area contributed by atoms with Gasteiger partial charge >= 0.3 is 0 Å². The highest BCUT2D eigenvalue weighted by Crippen LogP contribution is 2.13. The summed E-state index contributed by atoms with van der Waals surface area (Å²) >= 11 is 3.46. The van der Waals surface area contributed by atoms with Gasteiger partial charge in [0.25, 0.3) is 0 Å². The van der Waals surface area contributed by atoms with E-state index in [1.807, 2.05) is 19.2 Å². The van der Waals surface area contributed by atoms with Gasteiger partial charge in [0, 0.05) is 31.8 Å². The van der Waals surface area contributed by atoms with E-state index in [1.54, 1.807) is 14.2 Å². The number of hydrogen-bond acceptors (Lipinski definition) is 3. The first-order chi connectivity index (χ1) is 7.65. The monoisotopic (exact) mass is 287 g/mol. The van der Waals surface area contributed by atoms with E-state index in [1.165, 1.54) is 5.56 Å². The van der Waals surface area contributed by atoms with E-state index in [9.17, 15) is 0 Å². The second-order valence-corrected chi connectivity index (χ2v) is 4.64. The van der Waals surface area contributed by atoms with Crippen molar-refractivity contribution >= 4 is 15.9 Å². The fraction of sp³-hybridized carbons (Fsp3) is 0.500. The average Bonchev–Trinajstić information content (AvgIpc) is 2.26. The summed E-state index contributed by atoms with van der Waals surface area (Å²) in [6, 6.07) is 8.29. The molecule has 0 bridgehead atoms. The Labute approximate surface area is 105 Å². The molecule has 0 radical (unpaired) electrons. The van der Waals surface area contributed by atoms with Crippen LogP contribution in [0.4, 0.5) is 0 Å². The second kappa shape index (κ2) is 7.01. The Balaban J connectivity index is 2.47. The zero-order valence-electron chi connectivity index (χ0n) is 9.94. The molecule has 0 atom stereocenters. The fourth-order valence-corrected chi connectivity index (χ4v) is 1.96. The molecule has 90 valence electrons. The van der Waals surface area contributed by atoms with Crippen molar-refractivity contribution in [1.82, 2.24) is 4.90 Å². The van der Waals surface area contributed by atoms with Crippen molar-refractivity contribution in [3.8, 4) is 0 Å². The van der Waals surface area contributed by atoms with Gasteiger partial charge in [-0.2, -0.15) is 0 Å². The van der Waals surface area contributed by atoms with Gasteiger partial charge < -0.3 is 9.47 Å². The van der Waals surface area contributed by atoms with Crippen LogP contribution in [0.2, 0.25) is 0 Å². The molecule has 1 rings (SSSR count). The molecule has 0 N–H and O–H groups in total. The first-order valence-electron chi connectivity index (χ1n) is 5.14. The first-order valence-corrected chi connectivity index (χ1v) is 5.93. The molecule has 0 aromatic heterocycles. The van der Waals surface area contributed by atoms with E-state index in [2.05, 4.69) is 33.0 Å². The fourth-order valence-electron chi connectivity index (χ4n) is 1.51. The summed E-state index contributed by atoms with van der Waals surface area (Å²) in [7, 11) is 5.36. The minimum atomic E-state index is -0.169. The van der Waals surface area contributed by atoms with Gasteiger partial charge in [0.05, 0.1) is 0 Å². The van der Waals surface area contributed by atoms with Gasteiger partial charge in [0.15, 0.2) is 6.29 Å². The van der Waals surface area contributed by atoms with Crippen molar-refractivity contribution < 1.29 is 9.47 Å². The topological polar surface area (TPSA) is 21.7 Å². The van der Waals surface area contributed by atoms with Crippen LogP contribution in [-0.4, -0.2) is 39.0 Å². The van der Waals surface area contributed by atoms with Crippen molar-refractivity contribution in [1.29, 1.82) is 0 Å². The first kappa shape index (κ1) is 13.6. The second-order valence-electron chi connectivity index (χ2n) is 3.73. The van der Waals surface area contributed by atoms with Crippen molar-refractivity contribution in [3.05, 3.63) is 34.3 Å². The zero-order chi connectivity index (χ0) is 12.0. The SMILES string of the molecule is COC(CN(C)Cc1cccc(Br)c1)OC. The number of halogens is 1. The standard InChI is InChI=1S/C12H18BrNO2/c1-14(9-12(15-2)16-3)8-10-5-4-6-11(13)7-10/h4-7,12H,8-9H2,1-3H3. The Bertz CT molecular complexity index is 316. The lowest BCUT2D eigenvalue weighted by atomic mass is 10.2. The van der Waals surface area contributed by atoms with Crippen molar-refractivity contribution in [2.45, 2.75) is 12.8 Å². The van der Waals surface area contributed by atoms with Gasteiger partial charge in [-0.15, -0.1) is 0 Å². The lowest BCUT2D eigenvalue weighted by Crippen LogP contribution is -2.31. The maximum Gasteiger partial charge on any atom is 0.169 e. The predicted molar refractivity (Wildman–Crippen MR) is 68.3 cm³/mol. The van der Waals surface area contributed by atoms with Crippen LogP contribution in [0.15, 0.2) is 28.7 Å². The molecule has 4 heteroatoms. The molecule has 1 aromatic carbocycles. The summed E-state index contributed by atoms with van der Waals surface area (Å²) in [5, 5.41) is 0. The average molecular weight is 288 g/mol. The highest BCUT2D eigenvalue weighted by molar-refractivity contribution is 9.10. The number of nitrogens with zero attached hydrogens (tertiary/aromatic N) is 1. The summed E-state index contributed by atoms with van der Waals surface area (Å²) in [4.78, 5) is 2.17. The number of hydrogen-bond donors (Lipinski definition) is 0. The third kappa shape index (κ3) is 4.61. The van der Waals surface area contributed by atoms with Crippen LogP contribution in [0.25, 0.3) is 0 Å². The van der Waals surface area contributed by atoms with Crippen molar-refractivity contribution in [3.63, 3.8) is 0 Å². The zero-order valence-corrected chi connectivity index (χ0v) is 11.5. The van der Waals surface area contributed by atoms with Gasteiger partial charge in [-0.1, -0.05) is 28.1 Å². The van der Waals surface area contributed by atoms with E-state index >= 15 is 0 Å². The van der Waals surface area contributed by atoms with Crippen LogP contribution in [-0.2, 0) is 16.0 Å². The molecule has 1 aromatic rings. The summed E-state index contributed by atoms with van der Waals surface area (Å²) in [6.07, 6.45) is -0.169. The Morgan fingerprint density at radius 2 is 2.00 bits per heavy atom. The van der Waals surface area contributed by atoms with Gasteiger partial charge in [-0.3, -0.25) is 4.90 Å². The Hall–Kier alpha value is -0.420. The van der Waals surface area contributed by atoms with E-state index < -0.39 is 0 Å². The Morgan fingerprint density at radius 1 is 1.31 bits per heavy atom. The molecule has 0 aliphatic rings.